The van der Waals surface area contributed by atoms with Crippen LogP contribution in [0.2, 0.25) is 0 Å². The third-order valence-electron chi connectivity index (χ3n) is 5.63. The zero-order valence-corrected chi connectivity index (χ0v) is 19.6. The summed E-state index contributed by atoms with van der Waals surface area (Å²) in [6, 6.07) is 11.2. The average molecular weight is 455 g/mol. The number of Topliss-reactive ketones (excluding diaryl/α,β-unsaturated/α-hetero) is 1. The van der Waals surface area contributed by atoms with Gasteiger partial charge in [-0.2, -0.15) is 0 Å². The number of rotatable bonds is 9. The minimum atomic E-state index is -0.755. The van der Waals surface area contributed by atoms with E-state index in [1.54, 1.807) is 49.6 Å². The first-order chi connectivity index (χ1) is 15.8. The van der Waals surface area contributed by atoms with Gasteiger partial charge in [0.2, 0.25) is 0 Å². The molecule has 1 heterocycles. The lowest BCUT2D eigenvalue weighted by molar-refractivity contribution is -0.139. The van der Waals surface area contributed by atoms with Gasteiger partial charge in [-0.3, -0.25) is 9.59 Å². The molecule has 1 unspecified atom stereocenters. The molecular formula is C25H30N2O6. The highest BCUT2D eigenvalue weighted by molar-refractivity contribution is 6.46. The Bertz CT molecular complexity index is 1050. The van der Waals surface area contributed by atoms with E-state index in [4.69, 9.17) is 14.2 Å². The predicted octanol–water partition coefficient (Wildman–Crippen LogP) is 3.09. The first-order valence-corrected chi connectivity index (χ1v) is 10.6. The van der Waals surface area contributed by atoms with E-state index >= 15 is 0 Å². The summed E-state index contributed by atoms with van der Waals surface area (Å²) in [5.74, 6) is 0.0360. The Kier molecular flexibility index (Phi) is 7.60. The highest BCUT2D eigenvalue weighted by Gasteiger charge is 2.46. The van der Waals surface area contributed by atoms with Crippen molar-refractivity contribution >= 4 is 17.4 Å². The number of carbonyl (C=O) groups excluding carboxylic acids is 2. The van der Waals surface area contributed by atoms with Gasteiger partial charge in [0, 0.05) is 12.1 Å². The van der Waals surface area contributed by atoms with Crippen molar-refractivity contribution in [3.8, 4) is 17.2 Å². The number of carbonyl (C=O) groups is 2. The van der Waals surface area contributed by atoms with Gasteiger partial charge in [0.05, 0.1) is 32.9 Å². The largest absolute Gasteiger partial charge is 0.507 e. The van der Waals surface area contributed by atoms with E-state index in [0.717, 1.165) is 6.54 Å². The molecular weight excluding hydrogens is 424 g/mol. The average Bonchev–Trinajstić information content (AvgIpc) is 3.08. The lowest BCUT2D eigenvalue weighted by atomic mass is 9.95. The Morgan fingerprint density at radius 1 is 0.970 bits per heavy atom. The SMILES string of the molecule is COc1ccc(/C(O)=C2/C(=O)C(=O)N(CCCN(C)C)C2c2ccc(OC)c(OC)c2)cc1. The topological polar surface area (TPSA) is 88.5 Å². The van der Waals surface area contributed by atoms with Crippen molar-refractivity contribution in [1.82, 2.24) is 9.80 Å². The van der Waals surface area contributed by atoms with Gasteiger partial charge in [0.1, 0.15) is 11.5 Å². The molecule has 176 valence electrons. The summed E-state index contributed by atoms with van der Waals surface area (Å²) in [6.45, 7) is 1.11. The van der Waals surface area contributed by atoms with Crippen molar-refractivity contribution in [2.75, 3.05) is 48.5 Å². The minimum Gasteiger partial charge on any atom is -0.507 e. The van der Waals surface area contributed by atoms with E-state index in [1.165, 1.54) is 19.1 Å². The summed E-state index contributed by atoms with van der Waals surface area (Å²) in [6.07, 6.45) is 0.673. The summed E-state index contributed by atoms with van der Waals surface area (Å²) >= 11 is 0. The first kappa shape index (κ1) is 24.1. The minimum absolute atomic E-state index is 0.0437. The van der Waals surface area contributed by atoms with Crippen molar-refractivity contribution in [2.24, 2.45) is 0 Å². The molecule has 1 atom stereocenters. The third kappa shape index (κ3) is 4.96. The first-order valence-electron chi connectivity index (χ1n) is 10.6. The van der Waals surface area contributed by atoms with E-state index in [2.05, 4.69) is 0 Å². The van der Waals surface area contributed by atoms with E-state index in [-0.39, 0.29) is 11.3 Å². The van der Waals surface area contributed by atoms with Crippen molar-refractivity contribution < 1.29 is 28.9 Å². The van der Waals surface area contributed by atoms with Gasteiger partial charge in [-0.25, -0.2) is 0 Å². The van der Waals surface area contributed by atoms with Gasteiger partial charge in [-0.1, -0.05) is 6.07 Å². The Morgan fingerprint density at radius 2 is 1.64 bits per heavy atom. The van der Waals surface area contributed by atoms with Gasteiger partial charge in [-0.15, -0.1) is 0 Å². The molecule has 0 saturated carbocycles. The van der Waals surface area contributed by atoms with E-state index in [1.807, 2.05) is 19.0 Å². The van der Waals surface area contributed by atoms with Crippen LogP contribution in [0.5, 0.6) is 17.2 Å². The molecule has 0 spiro atoms. The number of benzene rings is 2. The molecule has 0 bridgehead atoms. The molecule has 1 amide bonds. The second-order valence-corrected chi connectivity index (χ2v) is 7.99. The number of likely N-dealkylation sites (tertiary alicyclic amines) is 1. The molecule has 8 nitrogen and oxygen atoms in total. The van der Waals surface area contributed by atoms with Crippen LogP contribution >= 0.6 is 0 Å². The van der Waals surface area contributed by atoms with Crippen LogP contribution < -0.4 is 14.2 Å². The summed E-state index contributed by atoms with van der Waals surface area (Å²) < 4.78 is 15.9. The van der Waals surface area contributed by atoms with Gasteiger partial charge in [-0.05, 0) is 69.0 Å². The maximum absolute atomic E-state index is 13.1. The second kappa shape index (κ2) is 10.4. The van der Waals surface area contributed by atoms with Crippen LogP contribution in [0.4, 0.5) is 0 Å². The van der Waals surface area contributed by atoms with E-state index in [9.17, 15) is 14.7 Å². The summed E-state index contributed by atoms with van der Waals surface area (Å²) in [5, 5.41) is 11.1. The molecule has 1 aliphatic rings. The number of hydrogen-bond acceptors (Lipinski definition) is 7. The molecule has 0 radical (unpaired) electrons. The van der Waals surface area contributed by atoms with Crippen LogP contribution in [0.3, 0.4) is 0 Å². The van der Waals surface area contributed by atoms with Gasteiger partial charge < -0.3 is 29.1 Å². The Morgan fingerprint density at radius 3 is 2.21 bits per heavy atom. The number of methoxy groups -OCH3 is 3. The highest BCUT2D eigenvalue weighted by atomic mass is 16.5. The number of hydrogen-bond donors (Lipinski definition) is 1. The maximum Gasteiger partial charge on any atom is 0.295 e. The normalized spacial score (nSPS) is 17.5. The Hall–Kier alpha value is -3.52. The van der Waals surface area contributed by atoms with Crippen LogP contribution in [0.25, 0.3) is 5.76 Å². The molecule has 3 rings (SSSR count). The zero-order valence-electron chi connectivity index (χ0n) is 19.6. The van der Waals surface area contributed by atoms with Gasteiger partial charge in [0.25, 0.3) is 11.7 Å². The van der Waals surface area contributed by atoms with E-state index < -0.39 is 17.7 Å². The zero-order chi connectivity index (χ0) is 24.1. The van der Waals surface area contributed by atoms with Crippen molar-refractivity contribution in [1.29, 1.82) is 0 Å². The van der Waals surface area contributed by atoms with Crippen LogP contribution in [-0.2, 0) is 9.59 Å². The lowest BCUT2D eigenvalue weighted by Crippen LogP contribution is -2.32. The molecule has 1 aliphatic heterocycles. The van der Waals surface area contributed by atoms with Gasteiger partial charge >= 0.3 is 0 Å². The Labute approximate surface area is 194 Å². The lowest BCUT2D eigenvalue weighted by Gasteiger charge is -2.26. The molecule has 1 fully saturated rings. The standard InChI is InChI=1S/C25H30N2O6/c1-26(2)13-6-14-27-22(17-9-12-19(32-4)20(15-17)33-5)21(24(29)25(27)30)23(28)16-7-10-18(31-3)11-8-16/h7-12,15,22,28H,6,13-14H2,1-5H3/b23-21-. The number of nitrogens with zero attached hydrogens (tertiary/aromatic N) is 2. The number of aliphatic hydroxyl groups is 1. The molecule has 33 heavy (non-hydrogen) atoms. The molecule has 0 aliphatic carbocycles. The smallest absolute Gasteiger partial charge is 0.295 e. The summed E-state index contributed by atoms with van der Waals surface area (Å²) in [5.41, 5.74) is 1.11. The number of ketones is 1. The fourth-order valence-electron chi connectivity index (χ4n) is 3.94. The van der Waals surface area contributed by atoms with Crippen LogP contribution in [0.1, 0.15) is 23.6 Å². The quantitative estimate of drug-likeness (QED) is 0.354. The highest BCUT2D eigenvalue weighted by Crippen LogP contribution is 2.42. The molecule has 1 N–H and O–H groups in total. The second-order valence-electron chi connectivity index (χ2n) is 7.99. The predicted molar refractivity (Wildman–Crippen MR) is 125 cm³/mol. The molecule has 1 saturated heterocycles. The number of ether oxygens (including phenoxy) is 3. The summed E-state index contributed by atoms with van der Waals surface area (Å²) in [7, 11) is 8.50. The third-order valence-corrected chi connectivity index (χ3v) is 5.63. The number of aliphatic hydroxyl groups excluding tert-OH is 1. The van der Waals surface area contributed by atoms with Gasteiger partial charge in [0.15, 0.2) is 11.5 Å². The molecule has 0 aromatic heterocycles. The van der Waals surface area contributed by atoms with Crippen LogP contribution in [-0.4, -0.2) is 75.1 Å². The van der Waals surface area contributed by atoms with Crippen LogP contribution in [0.15, 0.2) is 48.0 Å². The van der Waals surface area contributed by atoms with E-state index in [0.29, 0.717) is 41.3 Å². The fourth-order valence-corrected chi connectivity index (χ4v) is 3.94. The monoisotopic (exact) mass is 454 g/mol. The Balaban J connectivity index is 2.12. The van der Waals surface area contributed by atoms with Crippen molar-refractivity contribution in [2.45, 2.75) is 12.5 Å². The molecule has 8 heteroatoms. The van der Waals surface area contributed by atoms with Crippen molar-refractivity contribution in [3.63, 3.8) is 0 Å². The van der Waals surface area contributed by atoms with Crippen molar-refractivity contribution in [3.05, 3.63) is 59.2 Å². The molecule has 2 aromatic rings. The fraction of sp³-hybridized carbons (Fsp3) is 0.360. The maximum atomic E-state index is 13.1. The van der Waals surface area contributed by atoms with Crippen LogP contribution in [0, 0.1) is 0 Å². The molecule has 2 aromatic carbocycles. The summed E-state index contributed by atoms with van der Waals surface area (Å²) in [4.78, 5) is 29.7. The number of amides is 1.